The highest BCUT2D eigenvalue weighted by atomic mass is 35.5. The zero-order valence-electron chi connectivity index (χ0n) is 12.7. The molecule has 0 amide bonds. The Balaban J connectivity index is 1.91. The molecule has 1 heterocycles. The average molecular weight is 317 g/mol. The molecule has 22 heavy (non-hydrogen) atoms. The Labute approximate surface area is 137 Å². The van der Waals surface area contributed by atoms with Gasteiger partial charge in [-0.15, -0.1) is 0 Å². The summed E-state index contributed by atoms with van der Waals surface area (Å²) in [5.74, 6) is 0. The summed E-state index contributed by atoms with van der Waals surface area (Å²) < 4.78 is 0. The molecule has 0 saturated carbocycles. The lowest BCUT2D eigenvalue weighted by Gasteiger charge is -2.34. The maximum Gasteiger partial charge on any atom is 0.144 e. The number of benzene rings is 2. The van der Waals surface area contributed by atoms with Gasteiger partial charge in [0.05, 0.1) is 13.1 Å². The van der Waals surface area contributed by atoms with E-state index >= 15 is 0 Å². The lowest BCUT2D eigenvalue weighted by atomic mass is 9.93. The fourth-order valence-corrected chi connectivity index (χ4v) is 3.60. The molecule has 0 aliphatic carbocycles. The Bertz CT molecular complexity index is 578. The minimum absolute atomic E-state index is 0.0858. The molecule has 2 atom stereocenters. The van der Waals surface area contributed by atoms with Crippen LogP contribution in [0.25, 0.3) is 0 Å². The first kappa shape index (κ1) is 15.5. The Kier molecular flexibility index (Phi) is 5.14. The largest absolute Gasteiger partial charge is 0.382 e. The van der Waals surface area contributed by atoms with E-state index in [9.17, 15) is 5.11 Å². The number of aliphatic hydroxyl groups is 1. The van der Waals surface area contributed by atoms with Crippen molar-refractivity contribution in [3.05, 3.63) is 70.7 Å². The zero-order valence-corrected chi connectivity index (χ0v) is 13.5. The highest BCUT2D eigenvalue weighted by molar-refractivity contribution is 6.30. The first-order chi connectivity index (χ1) is 10.8. The van der Waals surface area contributed by atoms with Crippen LogP contribution in [0.2, 0.25) is 5.02 Å². The first-order valence-electron chi connectivity index (χ1n) is 8.09. The van der Waals surface area contributed by atoms with Gasteiger partial charge >= 0.3 is 0 Å². The molecule has 1 aliphatic rings. The van der Waals surface area contributed by atoms with Gasteiger partial charge in [0, 0.05) is 10.6 Å². The van der Waals surface area contributed by atoms with Gasteiger partial charge in [0.1, 0.15) is 12.1 Å². The summed E-state index contributed by atoms with van der Waals surface area (Å²) in [6, 6.07) is 18.1. The molecule has 2 aromatic carbocycles. The summed E-state index contributed by atoms with van der Waals surface area (Å²) >= 11 is 5.97. The van der Waals surface area contributed by atoms with Crippen molar-refractivity contribution in [2.24, 2.45) is 0 Å². The van der Waals surface area contributed by atoms with E-state index in [0.717, 1.165) is 18.7 Å². The van der Waals surface area contributed by atoms with Crippen LogP contribution in [0.1, 0.15) is 42.5 Å². The molecule has 0 spiro atoms. The topological polar surface area (TPSA) is 24.7 Å². The van der Waals surface area contributed by atoms with Gasteiger partial charge in [-0.2, -0.15) is 0 Å². The summed E-state index contributed by atoms with van der Waals surface area (Å²) in [7, 11) is 0. The number of hydrogen-bond donors (Lipinski definition) is 2. The number of quaternary nitrogens is 1. The Morgan fingerprint density at radius 3 is 2.09 bits per heavy atom. The van der Waals surface area contributed by atoms with Crippen molar-refractivity contribution in [3.8, 4) is 0 Å². The minimum Gasteiger partial charge on any atom is -0.382 e. The minimum atomic E-state index is -0.507. The second-order valence-corrected chi connectivity index (χ2v) is 6.54. The molecule has 2 nitrogen and oxygen atoms in total. The summed E-state index contributed by atoms with van der Waals surface area (Å²) in [6.45, 7) is 2.26. The smallest absolute Gasteiger partial charge is 0.144 e. The molecule has 2 N–H and O–H groups in total. The van der Waals surface area contributed by atoms with E-state index in [-0.39, 0.29) is 6.04 Å². The predicted octanol–water partition coefficient (Wildman–Crippen LogP) is 3.18. The maximum atomic E-state index is 11.0. The SMILES string of the molecule is OC(c1ccc(Cl)cc1)C(c1ccccc1)[NH+]1CCCCC1. The molecule has 0 radical (unpaired) electrons. The van der Waals surface area contributed by atoms with E-state index in [4.69, 9.17) is 11.6 Å². The van der Waals surface area contributed by atoms with Gasteiger partial charge in [-0.1, -0.05) is 54.1 Å². The standard InChI is InChI=1S/C19H22ClNO/c20-17-11-9-16(10-12-17)19(22)18(15-7-3-1-4-8-15)21-13-5-2-6-14-21/h1,3-4,7-12,18-19,22H,2,5-6,13-14H2/p+1. The second kappa shape index (κ2) is 7.28. The molecule has 1 aliphatic heterocycles. The van der Waals surface area contributed by atoms with E-state index in [1.54, 1.807) is 0 Å². The quantitative estimate of drug-likeness (QED) is 0.889. The monoisotopic (exact) mass is 316 g/mol. The molecule has 3 heteroatoms. The lowest BCUT2D eigenvalue weighted by Crippen LogP contribution is -3.13. The molecule has 0 aromatic heterocycles. The van der Waals surface area contributed by atoms with Gasteiger partial charge in [0.25, 0.3) is 0 Å². The molecule has 0 bridgehead atoms. The summed E-state index contributed by atoms with van der Waals surface area (Å²) in [5.41, 5.74) is 2.15. The van der Waals surface area contributed by atoms with E-state index in [1.807, 2.05) is 30.3 Å². The van der Waals surface area contributed by atoms with E-state index < -0.39 is 6.10 Å². The summed E-state index contributed by atoms with van der Waals surface area (Å²) in [4.78, 5) is 1.49. The fraction of sp³-hybridized carbons (Fsp3) is 0.368. The molecule has 1 saturated heterocycles. The number of piperidine rings is 1. The van der Waals surface area contributed by atoms with Crippen LogP contribution >= 0.6 is 11.6 Å². The van der Waals surface area contributed by atoms with Crippen molar-refractivity contribution in [2.75, 3.05) is 13.1 Å². The van der Waals surface area contributed by atoms with Gasteiger partial charge in [-0.05, 0) is 37.0 Å². The van der Waals surface area contributed by atoms with Gasteiger partial charge in [-0.3, -0.25) is 0 Å². The number of rotatable bonds is 4. The van der Waals surface area contributed by atoms with Crippen LogP contribution in [0.5, 0.6) is 0 Å². The molecular weight excluding hydrogens is 294 g/mol. The van der Waals surface area contributed by atoms with Crippen LogP contribution in [-0.2, 0) is 0 Å². The molecular formula is C19H23ClNO+. The van der Waals surface area contributed by atoms with Gasteiger partial charge in [-0.25, -0.2) is 0 Å². The van der Waals surface area contributed by atoms with E-state index in [1.165, 1.54) is 29.7 Å². The third-order valence-corrected chi connectivity index (χ3v) is 4.87. The van der Waals surface area contributed by atoms with Crippen LogP contribution in [0.3, 0.4) is 0 Å². The van der Waals surface area contributed by atoms with E-state index in [2.05, 4.69) is 24.3 Å². The van der Waals surface area contributed by atoms with Crippen molar-refractivity contribution in [1.82, 2.24) is 0 Å². The number of hydrogen-bond acceptors (Lipinski definition) is 1. The van der Waals surface area contributed by atoms with Gasteiger partial charge in [0.15, 0.2) is 0 Å². The first-order valence-corrected chi connectivity index (χ1v) is 8.46. The van der Waals surface area contributed by atoms with Crippen LogP contribution in [0.4, 0.5) is 0 Å². The highest BCUT2D eigenvalue weighted by Crippen LogP contribution is 2.28. The normalized spacial score (nSPS) is 18.8. The van der Waals surface area contributed by atoms with Crippen LogP contribution in [-0.4, -0.2) is 18.2 Å². The second-order valence-electron chi connectivity index (χ2n) is 6.10. The van der Waals surface area contributed by atoms with Crippen molar-refractivity contribution in [1.29, 1.82) is 0 Å². The number of aliphatic hydroxyl groups excluding tert-OH is 1. The average Bonchev–Trinajstić information content (AvgIpc) is 2.57. The molecule has 1 fully saturated rings. The highest BCUT2D eigenvalue weighted by Gasteiger charge is 2.33. The van der Waals surface area contributed by atoms with Crippen molar-refractivity contribution < 1.29 is 10.0 Å². The Morgan fingerprint density at radius 2 is 1.45 bits per heavy atom. The third-order valence-electron chi connectivity index (χ3n) is 4.62. The third kappa shape index (κ3) is 3.52. The molecule has 2 aromatic rings. The Hall–Kier alpha value is -1.35. The molecule has 2 unspecified atom stereocenters. The summed E-state index contributed by atoms with van der Waals surface area (Å²) in [6.07, 6.45) is 3.29. The number of halogens is 1. The predicted molar refractivity (Wildman–Crippen MR) is 90.1 cm³/mol. The van der Waals surface area contributed by atoms with Gasteiger partial charge < -0.3 is 10.0 Å². The number of nitrogens with one attached hydrogen (secondary N) is 1. The molecule has 3 rings (SSSR count). The lowest BCUT2D eigenvalue weighted by molar-refractivity contribution is -0.941. The van der Waals surface area contributed by atoms with E-state index in [0.29, 0.717) is 5.02 Å². The van der Waals surface area contributed by atoms with Crippen molar-refractivity contribution in [2.45, 2.75) is 31.4 Å². The zero-order chi connectivity index (χ0) is 15.4. The van der Waals surface area contributed by atoms with Crippen LogP contribution in [0.15, 0.2) is 54.6 Å². The van der Waals surface area contributed by atoms with Gasteiger partial charge in [0.2, 0.25) is 0 Å². The fourth-order valence-electron chi connectivity index (χ4n) is 3.47. The van der Waals surface area contributed by atoms with Crippen molar-refractivity contribution in [3.63, 3.8) is 0 Å². The summed E-state index contributed by atoms with van der Waals surface area (Å²) in [5, 5.41) is 11.7. The maximum absolute atomic E-state index is 11.0. The van der Waals surface area contributed by atoms with Crippen molar-refractivity contribution >= 4 is 11.6 Å². The van der Waals surface area contributed by atoms with Crippen LogP contribution < -0.4 is 4.90 Å². The van der Waals surface area contributed by atoms with Crippen LogP contribution in [0, 0.1) is 0 Å². The Morgan fingerprint density at radius 1 is 0.818 bits per heavy atom. The number of likely N-dealkylation sites (tertiary alicyclic amines) is 1. The molecule has 116 valence electrons.